The first-order chi connectivity index (χ1) is 10.1. The van der Waals surface area contributed by atoms with Crippen LogP contribution in [0.1, 0.15) is 22.8 Å². The van der Waals surface area contributed by atoms with E-state index in [1.807, 2.05) is 31.2 Å². The molecule has 0 saturated heterocycles. The van der Waals surface area contributed by atoms with Crippen LogP contribution in [0, 0.1) is 0 Å². The molecule has 3 aromatic rings. The fourth-order valence-electron chi connectivity index (χ4n) is 2.25. The highest BCUT2D eigenvalue weighted by atomic mass is 35.5. The van der Waals surface area contributed by atoms with Crippen molar-refractivity contribution < 1.29 is 9.90 Å². The van der Waals surface area contributed by atoms with Gasteiger partial charge in [0, 0.05) is 5.39 Å². The molecule has 0 bridgehead atoms. The molecule has 1 N–H and O–H groups in total. The van der Waals surface area contributed by atoms with E-state index in [4.69, 9.17) is 11.6 Å². The van der Waals surface area contributed by atoms with Crippen molar-refractivity contribution in [3.63, 3.8) is 0 Å². The van der Waals surface area contributed by atoms with Gasteiger partial charge in [0.05, 0.1) is 26.0 Å². The Kier molecular flexibility index (Phi) is 3.66. The van der Waals surface area contributed by atoms with E-state index in [2.05, 4.69) is 4.98 Å². The molecule has 0 amide bonds. The maximum absolute atomic E-state index is 11.6. The largest absolute Gasteiger partial charge is 0.478 e. The molecule has 2 heterocycles. The number of nitrogens with zero attached hydrogens (tertiary/aromatic N) is 1. The molecule has 0 aliphatic carbocycles. The summed E-state index contributed by atoms with van der Waals surface area (Å²) in [6.07, 6.45) is 0.858. The number of fused-ring (bicyclic) bond motifs is 1. The van der Waals surface area contributed by atoms with E-state index < -0.39 is 5.97 Å². The molecule has 0 aliphatic rings. The van der Waals surface area contributed by atoms with Crippen LogP contribution in [-0.4, -0.2) is 16.1 Å². The second-order valence-corrected chi connectivity index (χ2v) is 6.38. The van der Waals surface area contributed by atoms with Gasteiger partial charge in [-0.15, -0.1) is 11.3 Å². The first kappa shape index (κ1) is 14.0. The van der Waals surface area contributed by atoms with E-state index in [1.54, 1.807) is 12.1 Å². The molecule has 5 heteroatoms. The molecule has 2 aromatic heterocycles. The quantitative estimate of drug-likeness (QED) is 0.749. The summed E-state index contributed by atoms with van der Waals surface area (Å²) in [6, 6.07) is 11.0. The third-order valence-corrected chi connectivity index (χ3v) is 4.59. The Hall–Kier alpha value is -1.91. The predicted molar refractivity (Wildman–Crippen MR) is 86.4 cm³/mol. The van der Waals surface area contributed by atoms with E-state index in [1.165, 1.54) is 11.3 Å². The van der Waals surface area contributed by atoms with E-state index in [0.29, 0.717) is 20.9 Å². The summed E-state index contributed by atoms with van der Waals surface area (Å²) < 4.78 is 0.658. The Morgan fingerprint density at radius 3 is 2.71 bits per heavy atom. The summed E-state index contributed by atoms with van der Waals surface area (Å²) in [5.41, 5.74) is 2.70. The van der Waals surface area contributed by atoms with Crippen molar-refractivity contribution >= 4 is 39.8 Å². The lowest BCUT2D eigenvalue weighted by molar-refractivity contribution is 0.0699. The van der Waals surface area contributed by atoms with Crippen LogP contribution in [0.15, 0.2) is 36.4 Å². The highest BCUT2D eigenvalue weighted by Gasteiger charge is 2.14. The second-order valence-electron chi connectivity index (χ2n) is 4.67. The molecule has 0 radical (unpaired) electrons. The highest BCUT2D eigenvalue weighted by molar-refractivity contribution is 7.19. The number of hydrogen-bond acceptors (Lipinski definition) is 3. The molecule has 21 heavy (non-hydrogen) atoms. The van der Waals surface area contributed by atoms with Crippen LogP contribution < -0.4 is 0 Å². The lowest BCUT2D eigenvalue weighted by Crippen LogP contribution is -2.00. The summed E-state index contributed by atoms with van der Waals surface area (Å²) in [6.45, 7) is 2.04. The standard InChI is InChI=1S/C16H12ClNO2S/c1-2-9-3-4-12-10(7-9)11(16(19)20)8-13(18-12)14-5-6-15(17)21-14/h3-8H,2H2,1H3,(H,19,20). The first-order valence-corrected chi connectivity index (χ1v) is 7.70. The lowest BCUT2D eigenvalue weighted by Gasteiger charge is -2.07. The predicted octanol–water partition coefficient (Wildman–Crippen LogP) is 4.88. The molecular formula is C16H12ClNO2S. The topological polar surface area (TPSA) is 50.2 Å². The maximum atomic E-state index is 11.6. The number of aryl methyl sites for hydroxylation is 1. The van der Waals surface area contributed by atoms with Crippen molar-refractivity contribution in [3.8, 4) is 10.6 Å². The summed E-state index contributed by atoms with van der Waals surface area (Å²) in [5.74, 6) is -0.945. The molecule has 0 atom stereocenters. The number of pyridine rings is 1. The van der Waals surface area contributed by atoms with Crippen LogP contribution in [-0.2, 0) is 6.42 Å². The van der Waals surface area contributed by atoms with Crippen molar-refractivity contribution in [2.75, 3.05) is 0 Å². The Bertz CT molecular complexity index is 841. The molecule has 106 valence electrons. The summed E-state index contributed by atoms with van der Waals surface area (Å²) >= 11 is 7.33. The zero-order chi connectivity index (χ0) is 15.0. The molecule has 3 rings (SSSR count). The number of benzene rings is 1. The average Bonchev–Trinajstić information content (AvgIpc) is 2.92. The molecular weight excluding hydrogens is 306 g/mol. The van der Waals surface area contributed by atoms with Crippen LogP contribution in [0.4, 0.5) is 0 Å². The van der Waals surface area contributed by atoms with Crippen molar-refractivity contribution in [2.24, 2.45) is 0 Å². The number of thiophene rings is 1. The van der Waals surface area contributed by atoms with Gasteiger partial charge < -0.3 is 5.11 Å². The zero-order valence-corrected chi connectivity index (χ0v) is 12.8. The van der Waals surface area contributed by atoms with Gasteiger partial charge >= 0.3 is 5.97 Å². The van der Waals surface area contributed by atoms with Gasteiger partial charge in [0.2, 0.25) is 0 Å². The molecule has 0 aliphatic heterocycles. The minimum Gasteiger partial charge on any atom is -0.478 e. The number of hydrogen-bond donors (Lipinski definition) is 1. The smallest absolute Gasteiger partial charge is 0.336 e. The van der Waals surface area contributed by atoms with Gasteiger partial charge in [-0.25, -0.2) is 9.78 Å². The number of halogens is 1. The van der Waals surface area contributed by atoms with E-state index in [-0.39, 0.29) is 5.56 Å². The fourth-order valence-corrected chi connectivity index (χ4v) is 3.25. The maximum Gasteiger partial charge on any atom is 0.336 e. The third-order valence-electron chi connectivity index (χ3n) is 3.34. The van der Waals surface area contributed by atoms with Gasteiger partial charge in [0.1, 0.15) is 0 Å². The first-order valence-electron chi connectivity index (χ1n) is 6.51. The molecule has 0 spiro atoms. The Balaban J connectivity index is 2.28. The van der Waals surface area contributed by atoms with Crippen LogP contribution in [0.3, 0.4) is 0 Å². The fraction of sp³-hybridized carbons (Fsp3) is 0.125. The van der Waals surface area contributed by atoms with Crippen molar-refractivity contribution in [2.45, 2.75) is 13.3 Å². The van der Waals surface area contributed by atoms with E-state index in [0.717, 1.165) is 16.9 Å². The SMILES string of the molecule is CCc1ccc2nc(-c3ccc(Cl)s3)cc(C(=O)O)c2c1. The number of rotatable bonds is 3. The van der Waals surface area contributed by atoms with E-state index >= 15 is 0 Å². The highest BCUT2D eigenvalue weighted by Crippen LogP contribution is 2.32. The Labute approximate surface area is 130 Å². The summed E-state index contributed by atoms with van der Waals surface area (Å²) in [5, 5.41) is 10.1. The van der Waals surface area contributed by atoms with Gasteiger partial charge in [-0.05, 0) is 42.3 Å². The number of carboxylic acid groups (broad SMARTS) is 1. The van der Waals surface area contributed by atoms with Crippen LogP contribution in [0.2, 0.25) is 4.34 Å². The normalized spacial score (nSPS) is 11.0. The van der Waals surface area contributed by atoms with Gasteiger partial charge in [-0.3, -0.25) is 0 Å². The van der Waals surface area contributed by atoms with Crippen molar-refractivity contribution in [1.82, 2.24) is 4.98 Å². The molecule has 0 unspecified atom stereocenters. The van der Waals surface area contributed by atoms with E-state index in [9.17, 15) is 9.90 Å². The molecule has 1 aromatic carbocycles. The van der Waals surface area contributed by atoms with Gasteiger partial charge in [0.25, 0.3) is 0 Å². The molecule has 0 fully saturated rings. The Morgan fingerprint density at radius 2 is 2.10 bits per heavy atom. The van der Waals surface area contributed by atoms with Gasteiger partial charge in [-0.2, -0.15) is 0 Å². The minimum absolute atomic E-state index is 0.273. The zero-order valence-electron chi connectivity index (χ0n) is 11.3. The second kappa shape index (κ2) is 5.47. The van der Waals surface area contributed by atoms with Crippen molar-refractivity contribution in [1.29, 1.82) is 0 Å². The number of carboxylic acids is 1. The third kappa shape index (κ3) is 2.64. The Morgan fingerprint density at radius 1 is 1.29 bits per heavy atom. The minimum atomic E-state index is -0.945. The number of aromatic carboxylic acids is 1. The number of carbonyl (C=O) groups is 1. The van der Waals surface area contributed by atoms with Crippen molar-refractivity contribution in [3.05, 3.63) is 51.9 Å². The lowest BCUT2D eigenvalue weighted by atomic mass is 10.0. The average molecular weight is 318 g/mol. The number of aromatic nitrogens is 1. The molecule has 3 nitrogen and oxygen atoms in total. The van der Waals surface area contributed by atoms with Crippen LogP contribution in [0.25, 0.3) is 21.5 Å². The van der Waals surface area contributed by atoms with Crippen LogP contribution >= 0.6 is 22.9 Å². The monoisotopic (exact) mass is 317 g/mol. The summed E-state index contributed by atoms with van der Waals surface area (Å²) in [7, 11) is 0. The molecule has 0 saturated carbocycles. The van der Waals surface area contributed by atoms with Crippen LogP contribution in [0.5, 0.6) is 0 Å². The summed E-state index contributed by atoms with van der Waals surface area (Å²) in [4.78, 5) is 17.0. The van der Waals surface area contributed by atoms with Gasteiger partial charge in [-0.1, -0.05) is 24.6 Å². The van der Waals surface area contributed by atoms with Gasteiger partial charge in [0.15, 0.2) is 0 Å².